The number of hydrogen-bond donors (Lipinski definition) is 2. The smallest absolute Gasteiger partial charge is 0.330 e. The molecule has 5 unspecified atom stereocenters. The van der Waals surface area contributed by atoms with Crippen molar-refractivity contribution < 1.29 is 34.1 Å². The number of carbonyl (C=O) groups is 3. The Balaban J connectivity index is 3.05. The third-order valence-electron chi connectivity index (χ3n) is 5.60. The lowest BCUT2D eigenvalue weighted by atomic mass is 9.96. The standard InChI is InChI=1S/C28H40O7/c1-20-13-9-5-7-11-15-25(34-23(4)30)28(33)24(31)14-10-6-8-12-16-27(32)35-26(18-20)22(3)17-21(2)19-29/h5,9-10,12-14,16-17,19,22,24-26,28,31,33H,6-8,11,15,18H2,1-4H3/b9-5+,14-10+,16-12+,20-13+,21-17+. The number of esters is 2. The molecule has 7 heteroatoms. The van der Waals surface area contributed by atoms with Crippen LogP contribution in [0.25, 0.3) is 0 Å². The third-order valence-corrected chi connectivity index (χ3v) is 5.60. The van der Waals surface area contributed by atoms with Crippen LogP contribution in [-0.2, 0) is 23.9 Å². The highest BCUT2D eigenvalue weighted by molar-refractivity contribution is 5.82. The Morgan fingerprint density at radius 1 is 1.17 bits per heavy atom. The second-order valence-corrected chi connectivity index (χ2v) is 8.98. The molecule has 0 aromatic rings. The van der Waals surface area contributed by atoms with E-state index in [4.69, 9.17) is 9.47 Å². The molecule has 7 nitrogen and oxygen atoms in total. The molecule has 1 heterocycles. The van der Waals surface area contributed by atoms with E-state index >= 15 is 0 Å². The average Bonchev–Trinajstić information content (AvgIpc) is 2.80. The van der Waals surface area contributed by atoms with Crippen LogP contribution >= 0.6 is 0 Å². The normalized spacial score (nSPS) is 31.1. The molecule has 194 valence electrons. The van der Waals surface area contributed by atoms with Crippen LogP contribution in [0.4, 0.5) is 0 Å². The van der Waals surface area contributed by atoms with Crippen LogP contribution in [0.1, 0.15) is 66.2 Å². The molecular formula is C28H40O7. The highest BCUT2D eigenvalue weighted by Crippen LogP contribution is 2.20. The van der Waals surface area contributed by atoms with Gasteiger partial charge >= 0.3 is 11.9 Å². The molecule has 0 bridgehead atoms. The molecule has 1 aliphatic rings. The van der Waals surface area contributed by atoms with Gasteiger partial charge in [0.2, 0.25) is 0 Å². The summed E-state index contributed by atoms with van der Waals surface area (Å²) in [7, 11) is 0. The number of rotatable bonds is 4. The van der Waals surface area contributed by atoms with Crippen molar-refractivity contribution in [3.05, 3.63) is 59.8 Å². The van der Waals surface area contributed by atoms with Crippen molar-refractivity contribution in [1.29, 1.82) is 0 Å². The maximum Gasteiger partial charge on any atom is 0.330 e. The fourth-order valence-electron chi connectivity index (χ4n) is 3.69. The average molecular weight is 489 g/mol. The van der Waals surface area contributed by atoms with Gasteiger partial charge in [0.05, 0.1) is 0 Å². The third kappa shape index (κ3) is 13.0. The van der Waals surface area contributed by atoms with Gasteiger partial charge in [0.15, 0.2) is 0 Å². The molecule has 0 aromatic heterocycles. The van der Waals surface area contributed by atoms with Crippen LogP contribution in [0.3, 0.4) is 0 Å². The van der Waals surface area contributed by atoms with Crippen molar-refractivity contribution in [2.45, 2.75) is 90.6 Å². The number of aliphatic hydroxyl groups excluding tert-OH is 2. The summed E-state index contributed by atoms with van der Waals surface area (Å²) in [4.78, 5) is 34.9. The van der Waals surface area contributed by atoms with Crippen molar-refractivity contribution in [3.63, 3.8) is 0 Å². The van der Waals surface area contributed by atoms with Gasteiger partial charge in [-0.05, 0) is 51.5 Å². The molecule has 1 aliphatic heterocycles. The summed E-state index contributed by atoms with van der Waals surface area (Å²) < 4.78 is 10.9. The van der Waals surface area contributed by atoms with Gasteiger partial charge in [-0.15, -0.1) is 0 Å². The minimum atomic E-state index is -1.23. The van der Waals surface area contributed by atoms with Gasteiger partial charge in [-0.2, -0.15) is 0 Å². The molecule has 0 saturated carbocycles. The Bertz CT molecular complexity index is 834. The predicted molar refractivity (Wildman–Crippen MR) is 135 cm³/mol. The molecule has 0 radical (unpaired) electrons. The predicted octanol–water partition coefficient (Wildman–Crippen LogP) is 4.30. The van der Waals surface area contributed by atoms with Gasteiger partial charge in [0.25, 0.3) is 0 Å². The highest BCUT2D eigenvalue weighted by atomic mass is 16.6. The molecule has 5 atom stereocenters. The summed E-state index contributed by atoms with van der Waals surface area (Å²) >= 11 is 0. The van der Waals surface area contributed by atoms with E-state index in [1.807, 2.05) is 32.1 Å². The molecule has 1 rings (SSSR count). The monoisotopic (exact) mass is 488 g/mol. The molecule has 0 amide bonds. The summed E-state index contributed by atoms with van der Waals surface area (Å²) in [6, 6.07) is 0. The second-order valence-electron chi connectivity index (χ2n) is 8.98. The molecule has 0 aliphatic carbocycles. The lowest BCUT2D eigenvalue weighted by Gasteiger charge is -2.25. The topological polar surface area (TPSA) is 110 Å². The van der Waals surface area contributed by atoms with Crippen molar-refractivity contribution in [2.24, 2.45) is 5.92 Å². The lowest BCUT2D eigenvalue weighted by Crippen LogP contribution is -2.39. The molecule has 2 N–H and O–H groups in total. The zero-order valence-electron chi connectivity index (χ0n) is 21.3. The Hall–Kier alpha value is -2.77. The minimum absolute atomic E-state index is 0.142. The Kier molecular flexibility index (Phi) is 14.5. The maximum atomic E-state index is 12.4. The van der Waals surface area contributed by atoms with Crippen molar-refractivity contribution in [2.75, 3.05) is 0 Å². The van der Waals surface area contributed by atoms with Gasteiger partial charge in [0, 0.05) is 25.3 Å². The number of aliphatic hydroxyl groups is 2. The first kappa shape index (κ1) is 30.3. The zero-order chi connectivity index (χ0) is 26.2. The Morgan fingerprint density at radius 3 is 2.57 bits per heavy atom. The van der Waals surface area contributed by atoms with Crippen LogP contribution in [0, 0.1) is 5.92 Å². The van der Waals surface area contributed by atoms with Crippen LogP contribution < -0.4 is 0 Å². The Morgan fingerprint density at radius 2 is 1.89 bits per heavy atom. The van der Waals surface area contributed by atoms with Crippen molar-refractivity contribution in [3.8, 4) is 0 Å². The minimum Gasteiger partial charge on any atom is -0.460 e. The number of allylic oxidation sites excluding steroid dienone is 6. The quantitative estimate of drug-likeness (QED) is 0.263. The SMILES string of the molecule is CC(=O)OC1CCC/C=C/C=C(\C)CC(C(C)/C=C(\C)C=O)OC(=O)/C=C/CC/C=C/C(O)C1O. The first-order chi connectivity index (χ1) is 16.6. The fraction of sp³-hybridized carbons (Fsp3) is 0.536. The lowest BCUT2D eigenvalue weighted by molar-refractivity contribution is -0.156. The van der Waals surface area contributed by atoms with Crippen molar-refractivity contribution >= 4 is 18.2 Å². The number of ether oxygens (including phenoxy) is 2. The van der Waals surface area contributed by atoms with Gasteiger partial charge in [-0.3, -0.25) is 9.59 Å². The molecule has 0 saturated heterocycles. The summed E-state index contributed by atoms with van der Waals surface area (Å²) in [6.45, 7) is 6.87. The fourth-order valence-corrected chi connectivity index (χ4v) is 3.69. The van der Waals surface area contributed by atoms with E-state index < -0.39 is 36.4 Å². The molecule has 0 spiro atoms. The summed E-state index contributed by atoms with van der Waals surface area (Å²) in [6.07, 6.45) is 14.4. The van der Waals surface area contributed by atoms with Gasteiger partial charge in [-0.1, -0.05) is 55.0 Å². The van der Waals surface area contributed by atoms with Gasteiger partial charge in [-0.25, -0.2) is 4.79 Å². The number of aldehydes is 1. The van der Waals surface area contributed by atoms with Crippen LogP contribution in [-0.4, -0.2) is 52.9 Å². The van der Waals surface area contributed by atoms with Crippen molar-refractivity contribution in [1.82, 2.24) is 0 Å². The van der Waals surface area contributed by atoms with E-state index in [9.17, 15) is 24.6 Å². The first-order valence-corrected chi connectivity index (χ1v) is 12.2. The summed E-state index contributed by atoms with van der Waals surface area (Å²) in [5.74, 6) is -1.11. The molecule has 35 heavy (non-hydrogen) atoms. The van der Waals surface area contributed by atoms with Crippen LogP contribution in [0.15, 0.2) is 59.8 Å². The van der Waals surface area contributed by atoms with E-state index in [1.54, 1.807) is 25.2 Å². The van der Waals surface area contributed by atoms with E-state index in [1.165, 1.54) is 19.1 Å². The number of cyclic esters (lactones) is 1. The molecule has 0 fully saturated rings. The van der Waals surface area contributed by atoms with E-state index in [2.05, 4.69) is 0 Å². The molecule has 0 aromatic carbocycles. The van der Waals surface area contributed by atoms with Gasteiger partial charge < -0.3 is 19.7 Å². The largest absolute Gasteiger partial charge is 0.460 e. The summed E-state index contributed by atoms with van der Waals surface area (Å²) in [5.41, 5.74) is 1.60. The number of hydrogen-bond acceptors (Lipinski definition) is 7. The summed E-state index contributed by atoms with van der Waals surface area (Å²) in [5, 5.41) is 20.7. The highest BCUT2D eigenvalue weighted by Gasteiger charge is 2.27. The van der Waals surface area contributed by atoms with E-state index in [-0.39, 0.29) is 5.92 Å². The van der Waals surface area contributed by atoms with Crippen LogP contribution in [0.5, 0.6) is 0 Å². The van der Waals surface area contributed by atoms with Gasteiger partial charge in [0.1, 0.15) is 30.7 Å². The van der Waals surface area contributed by atoms with E-state index in [0.717, 1.165) is 11.9 Å². The Labute approximate surface area is 208 Å². The number of carbonyl (C=O) groups excluding carboxylic acids is 3. The second kappa shape index (κ2) is 16.8. The maximum absolute atomic E-state index is 12.4. The molecular weight excluding hydrogens is 448 g/mol. The first-order valence-electron chi connectivity index (χ1n) is 12.2. The zero-order valence-corrected chi connectivity index (χ0v) is 21.3. The van der Waals surface area contributed by atoms with Crippen LogP contribution in [0.2, 0.25) is 0 Å². The van der Waals surface area contributed by atoms with E-state index in [0.29, 0.717) is 44.1 Å².